The van der Waals surface area contributed by atoms with Crippen LogP contribution in [0.1, 0.15) is 22.4 Å². The molecule has 0 aliphatic rings. The van der Waals surface area contributed by atoms with Crippen molar-refractivity contribution in [1.82, 2.24) is 4.98 Å². The Morgan fingerprint density at radius 2 is 1.32 bits per heavy atom. The van der Waals surface area contributed by atoms with Crippen LogP contribution in [-0.4, -0.2) is 26.3 Å². The van der Waals surface area contributed by atoms with E-state index in [1.54, 1.807) is 21.3 Å². The van der Waals surface area contributed by atoms with Crippen molar-refractivity contribution in [2.45, 2.75) is 20.3 Å². The second-order valence-corrected chi connectivity index (χ2v) is 7.72. The minimum absolute atomic E-state index is 0.570. The highest BCUT2D eigenvalue weighted by Crippen LogP contribution is 2.44. The van der Waals surface area contributed by atoms with Gasteiger partial charge in [0, 0.05) is 23.4 Å². The first-order chi connectivity index (χ1) is 15.0. The van der Waals surface area contributed by atoms with E-state index in [2.05, 4.69) is 68.4 Å². The Hall–Kier alpha value is -3.53. The third-order valence-corrected chi connectivity index (χ3v) is 5.56. The van der Waals surface area contributed by atoms with E-state index >= 15 is 0 Å². The summed E-state index contributed by atoms with van der Waals surface area (Å²) in [6, 6.07) is 21.2. The lowest BCUT2D eigenvalue weighted by Crippen LogP contribution is -2.01. The van der Waals surface area contributed by atoms with Crippen molar-refractivity contribution in [2.24, 2.45) is 0 Å². The highest BCUT2D eigenvalue weighted by atomic mass is 16.5. The molecule has 0 aliphatic carbocycles. The summed E-state index contributed by atoms with van der Waals surface area (Å²) >= 11 is 0. The van der Waals surface area contributed by atoms with Crippen LogP contribution in [0.3, 0.4) is 0 Å². The van der Waals surface area contributed by atoms with Crippen LogP contribution < -0.4 is 14.2 Å². The monoisotopic (exact) mass is 413 g/mol. The standard InChI is InChI=1S/C27H27NO3/c1-17-6-10-19(11-7-17)14-23-21(20-12-8-18(2)9-13-20)15-22-24(28-23)16-25(29-3)27(31-5)26(22)30-4/h6-13,15-16H,14H2,1-5H3. The van der Waals surface area contributed by atoms with E-state index in [-0.39, 0.29) is 0 Å². The molecular formula is C27H27NO3. The van der Waals surface area contributed by atoms with Gasteiger partial charge in [0.15, 0.2) is 11.5 Å². The number of methoxy groups -OCH3 is 3. The van der Waals surface area contributed by atoms with Crippen LogP contribution in [0.25, 0.3) is 22.0 Å². The molecule has 1 heterocycles. The molecule has 0 saturated heterocycles. The smallest absolute Gasteiger partial charge is 0.204 e. The van der Waals surface area contributed by atoms with Crippen molar-refractivity contribution < 1.29 is 14.2 Å². The molecule has 0 saturated carbocycles. The lowest BCUT2D eigenvalue weighted by atomic mass is 9.96. The first-order valence-corrected chi connectivity index (χ1v) is 10.3. The van der Waals surface area contributed by atoms with Gasteiger partial charge in [-0.3, -0.25) is 4.98 Å². The van der Waals surface area contributed by atoms with E-state index in [0.29, 0.717) is 17.2 Å². The fourth-order valence-electron chi connectivity index (χ4n) is 3.85. The summed E-state index contributed by atoms with van der Waals surface area (Å²) in [5.74, 6) is 1.80. The number of aryl methyl sites for hydroxylation is 2. The molecule has 0 radical (unpaired) electrons. The average Bonchev–Trinajstić information content (AvgIpc) is 2.79. The minimum atomic E-state index is 0.570. The first kappa shape index (κ1) is 20.7. The lowest BCUT2D eigenvalue weighted by molar-refractivity contribution is 0.327. The second kappa shape index (κ2) is 8.68. The van der Waals surface area contributed by atoms with Crippen molar-refractivity contribution in [3.8, 4) is 28.4 Å². The number of ether oxygens (including phenoxy) is 3. The minimum Gasteiger partial charge on any atom is -0.493 e. The molecule has 0 aliphatic heterocycles. The Morgan fingerprint density at radius 1 is 0.710 bits per heavy atom. The predicted octanol–water partition coefficient (Wildman–Crippen LogP) is 6.14. The SMILES string of the molecule is COc1cc2nc(Cc3ccc(C)cc3)c(-c3ccc(C)cc3)cc2c(OC)c1OC. The van der Waals surface area contributed by atoms with Crippen molar-refractivity contribution in [3.05, 3.63) is 83.0 Å². The first-order valence-electron chi connectivity index (χ1n) is 10.3. The topological polar surface area (TPSA) is 40.6 Å². The van der Waals surface area contributed by atoms with Gasteiger partial charge in [-0.2, -0.15) is 0 Å². The Labute approximate surface area is 183 Å². The van der Waals surface area contributed by atoms with Crippen LogP contribution in [0.2, 0.25) is 0 Å². The molecule has 0 spiro atoms. The molecule has 0 N–H and O–H groups in total. The van der Waals surface area contributed by atoms with Crippen LogP contribution in [0, 0.1) is 13.8 Å². The molecule has 0 unspecified atom stereocenters. The van der Waals surface area contributed by atoms with E-state index in [4.69, 9.17) is 19.2 Å². The highest BCUT2D eigenvalue weighted by molar-refractivity contribution is 5.94. The zero-order valence-corrected chi connectivity index (χ0v) is 18.7. The van der Waals surface area contributed by atoms with Crippen LogP contribution >= 0.6 is 0 Å². The largest absolute Gasteiger partial charge is 0.493 e. The molecule has 0 fully saturated rings. The van der Waals surface area contributed by atoms with Crippen LogP contribution in [0.5, 0.6) is 17.2 Å². The summed E-state index contributed by atoms with van der Waals surface area (Å²) in [4.78, 5) is 5.07. The number of pyridine rings is 1. The Kier molecular flexibility index (Phi) is 5.81. The zero-order valence-electron chi connectivity index (χ0n) is 18.7. The zero-order chi connectivity index (χ0) is 22.0. The second-order valence-electron chi connectivity index (χ2n) is 7.72. The van der Waals surface area contributed by atoms with E-state index < -0.39 is 0 Å². The molecule has 4 rings (SSSR count). The summed E-state index contributed by atoms with van der Waals surface area (Å²) in [5.41, 5.74) is 7.72. The molecule has 158 valence electrons. The number of nitrogens with zero attached hydrogens (tertiary/aromatic N) is 1. The molecule has 3 aromatic carbocycles. The molecule has 4 aromatic rings. The van der Waals surface area contributed by atoms with Gasteiger partial charge in [0.05, 0.1) is 32.5 Å². The number of fused-ring (bicyclic) bond motifs is 1. The third-order valence-electron chi connectivity index (χ3n) is 5.56. The number of benzene rings is 3. The van der Waals surface area contributed by atoms with Gasteiger partial charge in [-0.25, -0.2) is 0 Å². The Balaban J connectivity index is 1.97. The van der Waals surface area contributed by atoms with E-state index in [1.807, 2.05) is 6.07 Å². The molecular weight excluding hydrogens is 386 g/mol. The van der Waals surface area contributed by atoms with Gasteiger partial charge >= 0.3 is 0 Å². The molecule has 4 nitrogen and oxygen atoms in total. The van der Waals surface area contributed by atoms with E-state index in [1.165, 1.54) is 16.7 Å². The maximum Gasteiger partial charge on any atom is 0.204 e. The normalized spacial score (nSPS) is 10.9. The molecule has 0 atom stereocenters. The van der Waals surface area contributed by atoms with Crippen molar-refractivity contribution in [3.63, 3.8) is 0 Å². The van der Waals surface area contributed by atoms with Gasteiger partial charge in [0.25, 0.3) is 0 Å². The fraction of sp³-hybridized carbons (Fsp3) is 0.222. The number of hydrogen-bond donors (Lipinski definition) is 0. The summed E-state index contributed by atoms with van der Waals surface area (Å²) in [7, 11) is 4.88. The number of aromatic nitrogens is 1. The third kappa shape index (κ3) is 4.06. The average molecular weight is 414 g/mol. The predicted molar refractivity (Wildman–Crippen MR) is 126 cm³/mol. The fourth-order valence-corrected chi connectivity index (χ4v) is 3.85. The molecule has 0 amide bonds. The van der Waals surface area contributed by atoms with E-state index in [9.17, 15) is 0 Å². The quantitative estimate of drug-likeness (QED) is 0.381. The van der Waals surface area contributed by atoms with Gasteiger partial charge in [-0.05, 0) is 31.0 Å². The molecule has 0 bridgehead atoms. The van der Waals surface area contributed by atoms with Gasteiger partial charge in [-0.15, -0.1) is 0 Å². The van der Waals surface area contributed by atoms with Gasteiger partial charge < -0.3 is 14.2 Å². The summed E-state index contributed by atoms with van der Waals surface area (Å²) in [6.45, 7) is 4.19. The number of rotatable bonds is 6. The van der Waals surface area contributed by atoms with Crippen molar-refractivity contribution in [2.75, 3.05) is 21.3 Å². The lowest BCUT2D eigenvalue weighted by Gasteiger charge is -2.17. The molecule has 4 heteroatoms. The summed E-state index contributed by atoms with van der Waals surface area (Å²) < 4.78 is 16.9. The number of hydrogen-bond acceptors (Lipinski definition) is 4. The van der Waals surface area contributed by atoms with Crippen LogP contribution in [0.4, 0.5) is 0 Å². The van der Waals surface area contributed by atoms with Crippen LogP contribution in [0.15, 0.2) is 60.7 Å². The highest BCUT2D eigenvalue weighted by Gasteiger charge is 2.19. The molecule has 31 heavy (non-hydrogen) atoms. The summed E-state index contributed by atoms with van der Waals surface area (Å²) in [6.07, 6.45) is 0.732. The Bertz CT molecular complexity index is 1210. The van der Waals surface area contributed by atoms with Crippen LogP contribution in [-0.2, 0) is 6.42 Å². The Morgan fingerprint density at radius 3 is 1.90 bits per heavy atom. The van der Waals surface area contributed by atoms with Gasteiger partial charge in [0.2, 0.25) is 5.75 Å². The van der Waals surface area contributed by atoms with Gasteiger partial charge in [-0.1, -0.05) is 59.7 Å². The maximum absolute atomic E-state index is 5.73. The van der Waals surface area contributed by atoms with E-state index in [0.717, 1.165) is 34.1 Å². The molecule has 1 aromatic heterocycles. The van der Waals surface area contributed by atoms with Gasteiger partial charge in [0.1, 0.15) is 0 Å². The summed E-state index contributed by atoms with van der Waals surface area (Å²) in [5, 5.41) is 0.892. The van der Waals surface area contributed by atoms with Crippen molar-refractivity contribution >= 4 is 10.9 Å². The maximum atomic E-state index is 5.73. The van der Waals surface area contributed by atoms with Crippen molar-refractivity contribution in [1.29, 1.82) is 0 Å².